The second-order valence-electron chi connectivity index (χ2n) is 15.1. The molecule has 0 bridgehead atoms. The summed E-state index contributed by atoms with van der Waals surface area (Å²) in [5.41, 5.74) is 0.765. The van der Waals surface area contributed by atoms with Crippen LogP contribution in [0.25, 0.3) is 32.3 Å². The Labute approximate surface area is 350 Å². The predicted molar refractivity (Wildman–Crippen MR) is 229 cm³/mol. The Kier molecular flexibility index (Phi) is 16.1. The summed E-state index contributed by atoms with van der Waals surface area (Å²) in [4.78, 5) is 37.3. The van der Waals surface area contributed by atoms with E-state index in [-0.39, 0.29) is 65.3 Å². The van der Waals surface area contributed by atoms with Gasteiger partial charge in [-0.05, 0) is 58.6 Å². The van der Waals surface area contributed by atoms with Crippen LogP contribution in [0.1, 0.15) is 32.1 Å². The number of carboxylic acids is 3. The first-order chi connectivity index (χ1) is 28.1. The van der Waals surface area contributed by atoms with Gasteiger partial charge in [-0.1, -0.05) is 24.8 Å². The molecule has 60 heavy (non-hydrogen) atoms. The van der Waals surface area contributed by atoms with E-state index >= 15 is 0 Å². The van der Waals surface area contributed by atoms with Gasteiger partial charge in [0.1, 0.15) is 17.6 Å². The molecule has 0 saturated heterocycles. The van der Waals surface area contributed by atoms with E-state index < -0.39 is 62.9 Å². The van der Waals surface area contributed by atoms with Crippen LogP contribution in [0.5, 0.6) is 5.75 Å². The molecule has 20 heteroatoms. The van der Waals surface area contributed by atoms with Gasteiger partial charge in [0.25, 0.3) is 0 Å². The molecule has 0 saturated carbocycles. The van der Waals surface area contributed by atoms with Crippen molar-refractivity contribution in [3.8, 4) is 5.75 Å². The number of nitrogens with one attached hydrogen (secondary N) is 2. The molecule has 4 rings (SSSR count). The number of nitrogens with zero attached hydrogens (tertiary/aromatic N) is 4. The summed E-state index contributed by atoms with van der Waals surface area (Å²) >= 11 is 0. The highest BCUT2D eigenvalue weighted by atomic mass is 32.2. The van der Waals surface area contributed by atoms with Crippen molar-refractivity contribution in [1.82, 2.24) is 24.1 Å². The fraction of sp³-hybridized carbons (Fsp3) is 0.475. The Morgan fingerprint density at radius 2 is 1.13 bits per heavy atom. The van der Waals surface area contributed by atoms with Crippen LogP contribution in [0, 0.1) is 0 Å². The Morgan fingerprint density at radius 3 is 1.60 bits per heavy atom. The molecular weight excluding hydrogens is 821 g/mol. The Bertz CT molecular complexity index is 2330. The SMILES string of the molecule is C=C(O)C(CC(=O)O)NCCCN(C)S(=O)(=O)c1cc(S(=O)(=O)N(C)CCCNC(CC(=O)O)C(=O)O)c2ccc3c(OCCCN(C)C)cc(N(C)C)c4ccc1c2c34. The fourth-order valence-electron chi connectivity index (χ4n) is 6.99. The van der Waals surface area contributed by atoms with Gasteiger partial charge in [0, 0.05) is 91.9 Å². The van der Waals surface area contributed by atoms with Crippen molar-refractivity contribution in [2.45, 2.75) is 54.0 Å². The minimum Gasteiger partial charge on any atom is -0.511 e. The molecule has 6 N–H and O–H groups in total. The minimum atomic E-state index is -4.44. The lowest BCUT2D eigenvalue weighted by atomic mass is 9.92. The minimum absolute atomic E-state index is 0.0179. The largest absolute Gasteiger partial charge is 0.511 e. The average molecular weight is 877 g/mol. The van der Waals surface area contributed by atoms with E-state index in [2.05, 4.69) is 17.2 Å². The van der Waals surface area contributed by atoms with Crippen molar-refractivity contribution in [2.24, 2.45) is 0 Å². The van der Waals surface area contributed by atoms with Crippen molar-refractivity contribution in [3.63, 3.8) is 0 Å². The summed E-state index contributed by atoms with van der Waals surface area (Å²) in [6, 6.07) is 7.64. The number of aliphatic hydroxyl groups is 1. The van der Waals surface area contributed by atoms with E-state index in [1.807, 2.05) is 50.1 Å². The number of aliphatic hydroxyl groups excluding tert-OH is 1. The van der Waals surface area contributed by atoms with Crippen LogP contribution in [-0.2, 0) is 34.4 Å². The summed E-state index contributed by atoms with van der Waals surface area (Å²) in [5.74, 6) is -3.66. The molecule has 0 spiro atoms. The van der Waals surface area contributed by atoms with Crippen LogP contribution in [0.3, 0.4) is 0 Å². The number of hydrogen-bond donors (Lipinski definition) is 6. The molecule has 330 valence electrons. The number of ether oxygens (including phenoxy) is 1. The van der Waals surface area contributed by atoms with Gasteiger partial charge in [0.2, 0.25) is 20.0 Å². The lowest BCUT2D eigenvalue weighted by Crippen LogP contribution is -2.40. The van der Waals surface area contributed by atoms with Crippen molar-refractivity contribution in [2.75, 3.05) is 86.5 Å². The fourth-order valence-corrected chi connectivity index (χ4v) is 9.91. The first-order valence-corrected chi connectivity index (χ1v) is 22.1. The molecular formula is C40H56N6O12S2. The van der Waals surface area contributed by atoms with Gasteiger partial charge in [-0.2, -0.15) is 0 Å². The molecule has 0 aromatic heterocycles. The summed E-state index contributed by atoms with van der Waals surface area (Å²) in [6.45, 7) is 4.51. The number of benzene rings is 4. The molecule has 4 aromatic carbocycles. The topological polar surface area (TPSA) is 247 Å². The number of sulfonamides is 2. The molecule has 0 aliphatic heterocycles. The Hall–Kier alpha value is -4.83. The van der Waals surface area contributed by atoms with E-state index in [4.69, 9.17) is 9.84 Å². The number of anilines is 1. The molecule has 0 aliphatic carbocycles. The average Bonchev–Trinajstić information content (AvgIpc) is 3.16. The van der Waals surface area contributed by atoms with E-state index in [1.54, 1.807) is 18.2 Å². The van der Waals surface area contributed by atoms with Gasteiger partial charge < -0.3 is 45.6 Å². The highest BCUT2D eigenvalue weighted by Gasteiger charge is 2.32. The molecule has 0 aliphatic rings. The molecule has 0 heterocycles. The molecule has 2 atom stereocenters. The maximum absolute atomic E-state index is 14.6. The summed E-state index contributed by atoms with van der Waals surface area (Å²) in [7, 11) is 1.48. The second-order valence-corrected chi connectivity index (χ2v) is 19.2. The van der Waals surface area contributed by atoms with Crippen LogP contribution in [-0.4, -0.2) is 162 Å². The summed E-state index contributed by atoms with van der Waals surface area (Å²) < 4.78 is 66.9. The van der Waals surface area contributed by atoms with Crippen LogP contribution in [0.2, 0.25) is 0 Å². The van der Waals surface area contributed by atoms with Crippen molar-refractivity contribution >= 4 is 76.0 Å². The van der Waals surface area contributed by atoms with Gasteiger partial charge in [0.15, 0.2) is 0 Å². The first-order valence-electron chi connectivity index (χ1n) is 19.3. The van der Waals surface area contributed by atoms with E-state index in [0.717, 1.165) is 38.7 Å². The second kappa shape index (κ2) is 20.2. The molecule has 2 unspecified atom stereocenters. The van der Waals surface area contributed by atoms with Gasteiger partial charge in [0.05, 0.1) is 35.3 Å². The molecule has 0 radical (unpaired) electrons. The Balaban J connectivity index is 1.86. The standard InChI is InChI=1S/C40H56N6O12S2/c1-25(47)30(21-36(48)49)41-15-8-18-45(6)59(54,55)34-24-35(60(56,57)46(7)19-9-16-42-31(40(52)53)22-37(50)51)29-14-12-27-33(58-20-10-17-43(2)3)23-32(44(4)5)26-11-13-28(34)39(29)38(26)27/h11-14,23-24,30-31,41-42,47H,1,8-10,15-22H2,2-7H3,(H,48,49)(H,50,51)(H,52,53). The van der Waals surface area contributed by atoms with Crippen LogP contribution in [0.4, 0.5) is 5.69 Å². The zero-order valence-corrected chi connectivity index (χ0v) is 36.4. The van der Waals surface area contributed by atoms with Gasteiger partial charge in [-0.3, -0.25) is 14.4 Å². The maximum atomic E-state index is 14.6. The first kappa shape index (κ1) is 47.8. The number of carbonyl (C=O) groups is 3. The summed E-state index contributed by atoms with van der Waals surface area (Å²) in [6.07, 6.45) is -0.0730. The number of carboxylic acid groups (broad SMARTS) is 3. The lowest BCUT2D eigenvalue weighted by molar-refractivity contribution is -0.145. The molecule has 4 aromatic rings. The van der Waals surface area contributed by atoms with Crippen molar-refractivity contribution in [3.05, 3.63) is 48.7 Å². The molecule has 18 nitrogen and oxygen atoms in total. The van der Waals surface area contributed by atoms with E-state index in [9.17, 15) is 46.5 Å². The van der Waals surface area contributed by atoms with Crippen LogP contribution >= 0.6 is 0 Å². The molecule has 0 fully saturated rings. The zero-order valence-electron chi connectivity index (χ0n) is 34.8. The van der Waals surface area contributed by atoms with Gasteiger partial charge in [-0.25, -0.2) is 25.4 Å². The van der Waals surface area contributed by atoms with Crippen LogP contribution < -0.4 is 20.3 Å². The van der Waals surface area contributed by atoms with E-state index in [1.165, 1.54) is 14.1 Å². The smallest absolute Gasteiger partial charge is 0.321 e. The monoisotopic (exact) mass is 876 g/mol. The number of aliphatic carboxylic acids is 3. The highest BCUT2D eigenvalue weighted by molar-refractivity contribution is 7.90. The lowest BCUT2D eigenvalue weighted by Gasteiger charge is -2.25. The highest BCUT2D eigenvalue weighted by Crippen LogP contribution is 2.46. The molecule has 0 amide bonds. The number of rotatable bonds is 26. The van der Waals surface area contributed by atoms with E-state index in [0.29, 0.717) is 28.5 Å². The van der Waals surface area contributed by atoms with Gasteiger partial charge >= 0.3 is 17.9 Å². The Morgan fingerprint density at radius 1 is 0.667 bits per heavy atom. The van der Waals surface area contributed by atoms with Crippen LogP contribution in [0.15, 0.2) is 58.5 Å². The number of hydrogen-bond acceptors (Lipinski definition) is 13. The normalized spacial score (nSPS) is 13.5. The van der Waals surface area contributed by atoms with Crippen molar-refractivity contribution < 1.29 is 56.4 Å². The van der Waals surface area contributed by atoms with Gasteiger partial charge in [-0.15, -0.1) is 0 Å². The summed E-state index contributed by atoms with van der Waals surface area (Å²) in [5, 5.41) is 45.9. The quantitative estimate of drug-likeness (QED) is 0.0302. The predicted octanol–water partition coefficient (Wildman–Crippen LogP) is 3.02. The third kappa shape index (κ3) is 11.1. The maximum Gasteiger partial charge on any atom is 0.321 e. The third-order valence-electron chi connectivity index (χ3n) is 10.2. The van der Waals surface area contributed by atoms with Crippen molar-refractivity contribution in [1.29, 1.82) is 0 Å². The zero-order chi connectivity index (χ0) is 44.7. The third-order valence-corrected chi connectivity index (χ3v) is 14.0.